The highest BCUT2D eigenvalue weighted by molar-refractivity contribution is 6.13. The number of rotatable bonds is 6. The van der Waals surface area contributed by atoms with Gasteiger partial charge < -0.3 is 9.47 Å². The van der Waals surface area contributed by atoms with Crippen molar-refractivity contribution in [1.29, 1.82) is 0 Å². The number of anilines is 3. The summed E-state index contributed by atoms with van der Waals surface area (Å²) in [7, 11) is 0. The van der Waals surface area contributed by atoms with E-state index in [1.54, 1.807) is 0 Å². The van der Waals surface area contributed by atoms with Crippen LogP contribution in [0.3, 0.4) is 0 Å². The first-order valence-electron chi connectivity index (χ1n) is 21.9. The van der Waals surface area contributed by atoms with Crippen molar-refractivity contribution in [1.82, 2.24) is 4.57 Å². The van der Waals surface area contributed by atoms with E-state index in [0.29, 0.717) is 0 Å². The first kappa shape index (κ1) is 36.4. The molecule has 0 spiro atoms. The van der Waals surface area contributed by atoms with E-state index in [0.717, 1.165) is 11.4 Å². The second-order valence-electron chi connectivity index (χ2n) is 18.1. The van der Waals surface area contributed by atoms with E-state index in [1.165, 1.54) is 99.9 Å². The lowest BCUT2D eigenvalue weighted by Crippen LogP contribution is -2.17. The van der Waals surface area contributed by atoms with Gasteiger partial charge in [0.2, 0.25) is 0 Å². The Bertz CT molecular complexity index is 3380. The molecule has 2 nitrogen and oxygen atoms in total. The zero-order chi connectivity index (χ0) is 41.7. The molecule has 0 unspecified atom stereocenters. The van der Waals surface area contributed by atoms with Crippen LogP contribution in [0.4, 0.5) is 17.1 Å². The summed E-state index contributed by atoms with van der Waals surface area (Å²) in [6.45, 7) is 9.47. The molecule has 0 radical (unpaired) electrons. The molecule has 0 saturated heterocycles. The Morgan fingerprint density at radius 2 is 0.919 bits per heavy atom. The predicted molar refractivity (Wildman–Crippen MR) is 261 cm³/mol. The maximum atomic E-state index is 2.50. The SMILES string of the molecule is CC1(C)c2ccccc2-c2ccc(N(c3ccc(-c4ccc(-n5c6ccccc6c6cccc(-c7ccccc7)c65)cc4)cc3)c3cccc4c3-c3ccccc3C4(C)C)cc21. The van der Waals surface area contributed by atoms with Gasteiger partial charge in [-0.25, -0.2) is 0 Å². The van der Waals surface area contributed by atoms with E-state index >= 15 is 0 Å². The van der Waals surface area contributed by atoms with E-state index in [4.69, 9.17) is 0 Å². The minimum absolute atomic E-state index is 0.104. The number of hydrogen-bond acceptors (Lipinski definition) is 1. The molecule has 2 aliphatic rings. The number of para-hydroxylation sites is 2. The highest BCUT2D eigenvalue weighted by Gasteiger charge is 2.39. The van der Waals surface area contributed by atoms with Gasteiger partial charge in [-0.2, -0.15) is 0 Å². The molecule has 1 aromatic heterocycles. The van der Waals surface area contributed by atoms with Gasteiger partial charge in [0, 0.05) is 49.8 Å². The monoisotopic (exact) mass is 794 g/mol. The molecule has 0 bridgehead atoms. The lowest BCUT2D eigenvalue weighted by Gasteiger charge is -2.30. The zero-order valence-electron chi connectivity index (χ0n) is 35.5. The van der Waals surface area contributed by atoms with Crippen LogP contribution in [0.5, 0.6) is 0 Å². The van der Waals surface area contributed by atoms with Gasteiger partial charge in [0.1, 0.15) is 0 Å². The fourth-order valence-electron chi connectivity index (χ4n) is 10.9. The molecule has 1 heterocycles. The standard InChI is InChI=1S/C60H46N2/c1-59(2)52-24-12-9-20-50(52)57-53(59)25-15-27-56(57)61(44-36-37-47-46-18-8-11-23-51(46)60(3,4)54(47)38-44)42-32-28-39(29-33-42)40-30-34-43(35-31-40)62-55-26-13-10-19-48(55)49-22-14-21-45(58(49)62)41-16-6-5-7-17-41/h5-38H,1-4H3. The van der Waals surface area contributed by atoms with Crippen LogP contribution in [0, 0.1) is 0 Å². The molecule has 2 heteroatoms. The molecule has 0 atom stereocenters. The summed E-state index contributed by atoms with van der Waals surface area (Å²) in [5.41, 5.74) is 22.5. The molecular formula is C60H46N2. The van der Waals surface area contributed by atoms with Crippen LogP contribution in [-0.4, -0.2) is 4.57 Å². The van der Waals surface area contributed by atoms with Crippen LogP contribution in [-0.2, 0) is 10.8 Å². The highest BCUT2D eigenvalue weighted by Crippen LogP contribution is 2.56. The van der Waals surface area contributed by atoms with Crippen LogP contribution in [0.25, 0.3) is 72.0 Å². The van der Waals surface area contributed by atoms with Crippen molar-refractivity contribution in [2.24, 2.45) is 0 Å². The topological polar surface area (TPSA) is 8.17 Å². The van der Waals surface area contributed by atoms with Crippen LogP contribution in [0.1, 0.15) is 49.9 Å². The van der Waals surface area contributed by atoms with Crippen molar-refractivity contribution in [2.75, 3.05) is 4.90 Å². The van der Waals surface area contributed by atoms with Crippen LogP contribution in [0.2, 0.25) is 0 Å². The quantitative estimate of drug-likeness (QED) is 0.163. The summed E-state index contributed by atoms with van der Waals surface area (Å²) >= 11 is 0. The summed E-state index contributed by atoms with van der Waals surface area (Å²) in [6.07, 6.45) is 0. The summed E-state index contributed by atoms with van der Waals surface area (Å²) in [6, 6.07) is 76.4. The van der Waals surface area contributed by atoms with Crippen LogP contribution < -0.4 is 4.90 Å². The number of aromatic nitrogens is 1. The Labute approximate surface area is 364 Å². The lowest BCUT2D eigenvalue weighted by atomic mass is 9.82. The first-order chi connectivity index (χ1) is 30.3. The van der Waals surface area contributed by atoms with Crippen molar-refractivity contribution >= 4 is 38.9 Å². The zero-order valence-corrected chi connectivity index (χ0v) is 35.5. The smallest absolute Gasteiger partial charge is 0.0619 e. The van der Waals surface area contributed by atoms with Crippen molar-refractivity contribution in [2.45, 2.75) is 38.5 Å². The lowest BCUT2D eigenvalue weighted by molar-refractivity contribution is 0.660. The number of hydrogen-bond donors (Lipinski definition) is 0. The van der Waals surface area contributed by atoms with E-state index in [-0.39, 0.29) is 10.8 Å². The van der Waals surface area contributed by atoms with Crippen molar-refractivity contribution in [3.63, 3.8) is 0 Å². The minimum atomic E-state index is -0.112. The number of nitrogens with zero attached hydrogens (tertiary/aromatic N) is 2. The van der Waals surface area contributed by atoms with Gasteiger partial charge in [-0.15, -0.1) is 0 Å². The normalized spacial score (nSPS) is 14.1. The minimum Gasteiger partial charge on any atom is -0.310 e. The average Bonchev–Trinajstić information content (AvgIpc) is 3.87. The van der Waals surface area contributed by atoms with Crippen molar-refractivity contribution in [3.05, 3.63) is 229 Å². The molecule has 2 aliphatic carbocycles. The summed E-state index contributed by atoms with van der Waals surface area (Å²) in [5, 5.41) is 2.52. The predicted octanol–water partition coefficient (Wildman–Crippen LogP) is 16.2. The summed E-state index contributed by atoms with van der Waals surface area (Å²) in [4.78, 5) is 2.50. The summed E-state index contributed by atoms with van der Waals surface area (Å²) < 4.78 is 2.44. The Morgan fingerprint density at radius 1 is 0.371 bits per heavy atom. The molecule has 0 N–H and O–H groups in total. The van der Waals surface area contributed by atoms with Gasteiger partial charge in [0.05, 0.1) is 16.7 Å². The molecule has 0 saturated carbocycles. The van der Waals surface area contributed by atoms with Crippen molar-refractivity contribution in [3.8, 4) is 50.2 Å². The van der Waals surface area contributed by atoms with E-state index < -0.39 is 0 Å². The van der Waals surface area contributed by atoms with Gasteiger partial charge >= 0.3 is 0 Å². The molecular weight excluding hydrogens is 749 g/mol. The van der Waals surface area contributed by atoms with Gasteiger partial charge in [-0.05, 0) is 104 Å². The third kappa shape index (κ3) is 5.29. The summed E-state index contributed by atoms with van der Waals surface area (Å²) in [5.74, 6) is 0. The molecule has 62 heavy (non-hydrogen) atoms. The van der Waals surface area contributed by atoms with Crippen LogP contribution in [0.15, 0.2) is 206 Å². The third-order valence-electron chi connectivity index (χ3n) is 14.0. The van der Waals surface area contributed by atoms with E-state index in [2.05, 4.69) is 243 Å². The Hall–Kier alpha value is -7.42. The second kappa shape index (κ2) is 13.5. The number of benzene rings is 9. The van der Waals surface area contributed by atoms with E-state index in [1.807, 2.05) is 0 Å². The Kier molecular flexibility index (Phi) is 7.96. The van der Waals surface area contributed by atoms with Gasteiger partial charge in [-0.3, -0.25) is 0 Å². The molecule has 10 aromatic rings. The van der Waals surface area contributed by atoms with Gasteiger partial charge in [0.15, 0.2) is 0 Å². The average molecular weight is 795 g/mol. The first-order valence-corrected chi connectivity index (χ1v) is 21.9. The Balaban J connectivity index is 0.973. The van der Waals surface area contributed by atoms with Crippen molar-refractivity contribution < 1.29 is 0 Å². The van der Waals surface area contributed by atoms with Gasteiger partial charge in [0.25, 0.3) is 0 Å². The molecule has 12 rings (SSSR count). The molecule has 0 aliphatic heterocycles. The van der Waals surface area contributed by atoms with Gasteiger partial charge in [-0.1, -0.05) is 185 Å². The fraction of sp³-hybridized carbons (Fsp3) is 0.100. The largest absolute Gasteiger partial charge is 0.310 e. The molecule has 0 amide bonds. The maximum Gasteiger partial charge on any atom is 0.0619 e. The Morgan fingerprint density at radius 3 is 1.69 bits per heavy atom. The molecule has 296 valence electrons. The third-order valence-corrected chi connectivity index (χ3v) is 14.0. The number of fused-ring (bicyclic) bond motifs is 9. The second-order valence-corrected chi connectivity index (χ2v) is 18.1. The molecule has 9 aromatic carbocycles. The maximum absolute atomic E-state index is 2.50. The molecule has 0 fully saturated rings. The highest BCUT2D eigenvalue weighted by atomic mass is 15.1. The fourth-order valence-corrected chi connectivity index (χ4v) is 10.9. The van der Waals surface area contributed by atoms with Crippen LogP contribution >= 0.6 is 0 Å². The van der Waals surface area contributed by atoms with E-state index in [9.17, 15) is 0 Å².